The number of halogens is 1. The number of nitrogens with zero attached hydrogens (tertiary/aromatic N) is 1. The molecule has 0 aromatic heterocycles. The van der Waals surface area contributed by atoms with Crippen LogP contribution in [0.2, 0.25) is 0 Å². The van der Waals surface area contributed by atoms with Crippen molar-refractivity contribution in [2.24, 2.45) is 5.92 Å². The highest BCUT2D eigenvalue weighted by Crippen LogP contribution is 2.22. The molecule has 0 N–H and O–H groups in total. The standard InChI is InChI=1S/C18H24BrNO2/c1-18(2,3)22-17(21)20-12-10-15(11-13-20)5-4-14-6-8-16(19)9-7-14/h4-9,15H,10-13H2,1-3H3/b5-4+. The van der Waals surface area contributed by atoms with E-state index in [1.54, 1.807) is 0 Å². The second kappa shape index (κ2) is 7.32. The van der Waals surface area contributed by atoms with Gasteiger partial charge in [-0.15, -0.1) is 0 Å². The van der Waals surface area contributed by atoms with Crippen molar-refractivity contribution in [2.75, 3.05) is 13.1 Å². The van der Waals surface area contributed by atoms with Crippen LogP contribution in [-0.2, 0) is 4.74 Å². The topological polar surface area (TPSA) is 29.5 Å². The SMILES string of the molecule is CC(C)(C)OC(=O)N1CCC(/C=C/c2ccc(Br)cc2)CC1. The van der Waals surface area contributed by atoms with Gasteiger partial charge in [-0.3, -0.25) is 0 Å². The van der Waals surface area contributed by atoms with Gasteiger partial charge in [-0.25, -0.2) is 4.79 Å². The lowest BCUT2D eigenvalue weighted by Crippen LogP contribution is -2.41. The number of carbonyl (C=O) groups excluding carboxylic acids is 1. The Hall–Kier alpha value is -1.29. The molecule has 0 radical (unpaired) electrons. The summed E-state index contributed by atoms with van der Waals surface area (Å²) in [6.45, 7) is 7.24. The van der Waals surface area contributed by atoms with Crippen LogP contribution in [0.5, 0.6) is 0 Å². The fourth-order valence-electron chi connectivity index (χ4n) is 2.42. The van der Waals surface area contributed by atoms with Crippen molar-refractivity contribution < 1.29 is 9.53 Å². The number of ether oxygens (including phenoxy) is 1. The largest absolute Gasteiger partial charge is 0.444 e. The predicted molar refractivity (Wildman–Crippen MR) is 93.7 cm³/mol. The quantitative estimate of drug-likeness (QED) is 0.728. The molecule has 0 saturated carbocycles. The Bertz CT molecular complexity index is 523. The van der Waals surface area contributed by atoms with Crippen molar-refractivity contribution in [1.29, 1.82) is 0 Å². The molecule has 1 aliphatic rings. The number of piperidine rings is 1. The Kier molecular flexibility index (Phi) is 5.68. The molecule has 22 heavy (non-hydrogen) atoms. The molecule has 1 heterocycles. The predicted octanol–water partition coefficient (Wildman–Crippen LogP) is 5.11. The fourth-order valence-corrected chi connectivity index (χ4v) is 2.69. The van der Waals surface area contributed by atoms with E-state index >= 15 is 0 Å². The van der Waals surface area contributed by atoms with Crippen LogP contribution in [-0.4, -0.2) is 29.7 Å². The third-order valence-electron chi connectivity index (χ3n) is 3.62. The fraction of sp³-hybridized carbons (Fsp3) is 0.500. The van der Waals surface area contributed by atoms with Gasteiger partial charge in [0.25, 0.3) is 0 Å². The van der Waals surface area contributed by atoms with Crippen LogP contribution in [0.3, 0.4) is 0 Å². The van der Waals surface area contributed by atoms with E-state index in [2.05, 4.69) is 40.2 Å². The number of amides is 1. The molecule has 1 amide bonds. The van der Waals surface area contributed by atoms with Crippen molar-refractivity contribution in [3.63, 3.8) is 0 Å². The number of hydrogen-bond acceptors (Lipinski definition) is 2. The van der Waals surface area contributed by atoms with E-state index in [9.17, 15) is 4.79 Å². The number of likely N-dealkylation sites (tertiary alicyclic amines) is 1. The smallest absolute Gasteiger partial charge is 0.410 e. The van der Waals surface area contributed by atoms with Crippen molar-refractivity contribution in [3.8, 4) is 0 Å². The van der Waals surface area contributed by atoms with Gasteiger partial charge >= 0.3 is 6.09 Å². The van der Waals surface area contributed by atoms with Gasteiger partial charge in [0.15, 0.2) is 0 Å². The van der Waals surface area contributed by atoms with E-state index in [1.165, 1.54) is 5.56 Å². The Labute approximate surface area is 141 Å². The van der Waals surface area contributed by atoms with Crippen LogP contribution in [0.15, 0.2) is 34.8 Å². The summed E-state index contributed by atoms with van der Waals surface area (Å²) >= 11 is 3.44. The molecule has 0 aliphatic carbocycles. The summed E-state index contributed by atoms with van der Waals surface area (Å²) in [5.74, 6) is 0.530. The molecule has 1 saturated heterocycles. The van der Waals surface area contributed by atoms with Crippen LogP contribution in [0.1, 0.15) is 39.2 Å². The zero-order valence-electron chi connectivity index (χ0n) is 13.5. The number of carbonyl (C=O) groups is 1. The second-order valence-corrected chi connectivity index (χ2v) is 7.63. The van der Waals surface area contributed by atoms with Gasteiger partial charge in [0, 0.05) is 17.6 Å². The molecule has 1 aromatic carbocycles. The lowest BCUT2D eigenvalue weighted by Gasteiger charge is -2.32. The molecular formula is C18H24BrNO2. The minimum Gasteiger partial charge on any atom is -0.444 e. The molecule has 0 unspecified atom stereocenters. The van der Waals surface area contributed by atoms with Gasteiger partial charge in [-0.2, -0.15) is 0 Å². The van der Waals surface area contributed by atoms with Gasteiger partial charge in [-0.05, 0) is 57.2 Å². The Balaban J connectivity index is 1.82. The minimum absolute atomic E-state index is 0.192. The molecule has 0 bridgehead atoms. The third-order valence-corrected chi connectivity index (χ3v) is 4.15. The van der Waals surface area contributed by atoms with Crippen LogP contribution >= 0.6 is 15.9 Å². The number of hydrogen-bond donors (Lipinski definition) is 0. The Morgan fingerprint density at radius 1 is 1.23 bits per heavy atom. The number of rotatable bonds is 2. The van der Waals surface area contributed by atoms with E-state index in [-0.39, 0.29) is 6.09 Å². The minimum atomic E-state index is -0.421. The highest BCUT2D eigenvalue weighted by atomic mass is 79.9. The number of allylic oxidation sites excluding steroid dienone is 1. The lowest BCUT2D eigenvalue weighted by molar-refractivity contribution is 0.0197. The first-order chi connectivity index (χ1) is 10.3. The van der Waals surface area contributed by atoms with Crippen molar-refractivity contribution >= 4 is 28.1 Å². The maximum absolute atomic E-state index is 12.0. The molecule has 2 rings (SSSR count). The second-order valence-electron chi connectivity index (χ2n) is 6.72. The highest BCUT2D eigenvalue weighted by Gasteiger charge is 2.25. The molecule has 120 valence electrons. The first-order valence-electron chi connectivity index (χ1n) is 7.75. The van der Waals surface area contributed by atoms with Gasteiger partial charge < -0.3 is 9.64 Å². The number of benzene rings is 1. The molecular weight excluding hydrogens is 342 g/mol. The monoisotopic (exact) mass is 365 g/mol. The molecule has 1 aromatic rings. The summed E-state index contributed by atoms with van der Waals surface area (Å²) in [4.78, 5) is 13.8. The van der Waals surface area contributed by atoms with Crippen LogP contribution in [0, 0.1) is 5.92 Å². The van der Waals surface area contributed by atoms with Gasteiger partial charge in [-0.1, -0.05) is 40.2 Å². The summed E-state index contributed by atoms with van der Waals surface area (Å²) in [7, 11) is 0. The molecule has 3 nitrogen and oxygen atoms in total. The lowest BCUT2D eigenvalue weighted by atomic mass is 9.96. The van der Waals surface area contributed by atoms with Gasteiger partial charge in [0.1, 0.15) is 5.60 Å². The average Bonchev–Trinajstić information content (AvgIpc) is 2.45. The summed E-state index contributed by atoms with van der Waals surface area (Å²) in [5.41, 5.74) is 0.785. The van der Waals surface area contributed by atoms with Crippen LogP contribution < -0.4 is 0 Å². The zero-order valence-corrected chi connectivity index (χ0v) is 15.1. The maximum Gasteiger partial charge on any atom is 0.410 e. The normalized spacial score (nSPS) is 17.0. The van der Waals surface area contributed by atoms with Crippen LogP contribution in [0.25, 0.3) is 6.08 Å². The molecule has 1 fully saturated rings. The van der Waals surface area contributed by atoms with E-state index in [0.717, 1.165) is 30.4 Å². The first-order valence-corrected chi connectivity index (χ1v) is 8.54. The molecule has 1 aliphatic heterocycles. The van der Waals surface area contributed by atoms with E-state index < -0.39 is 5.60 Å². The molecule has 0 atom stereocenters. The average molecular weight is 366 g/mol. The summed E-state index contributed by atoms with van der Waals surface area (Å²) in [6.07, 6.45) is 6.22. The van der Waals surface area contributed by atoms with E-state index in [4.69, 9.17) is 4.74 Å². The van der Waals surface area contributed by atoms with Crippen molar-refractivity contribution in [2.45, 2.75) is 39.2 Å². The van der Waals surface area contributed by atoms with Gasteiger partial charge in [0.05, 0.1) is 0 Å². The summed E-state index contributed by atoms with van der Waals surface area (Å²) in [6, 6.07) is 8.28. The Morgan fingerprint density at radius 3 is 2.36 bits per heavy atom. The van der Waals surface area contributed by atoms with Crippen molar-refractivity contribution in [3.05, 3.63) is 40.4 Å². The third kappa shape index (κ3) is 5.48. The summed E-state index contributed by atoms with van der Waals surface area (Å²) in [5, 5.41) is 0. The first kappa shape index (κ1) is 17.1. The van der Waals surface area contributed by atoms with E-state index in [0.29, 0.717) is 5.92 Å². The molecule has 0 spiro atoms. The Morgan fingerprint density at radius 2 is 1.82 bits per heavy atom. The van der Waals surface area contributed by atoms with E-state index in [1.807, 2.05) is 37.8 Å². The highest BCUT2D eigenvalue weighted by molar-refractivity contribution is 9.10. The molecule has 4 heteroatoms. The van der Waals surface area contributed by atoms with Gasteiger partial charge in [0.2, 0.25) is 0 Å². The zero-order chi connectivity index (χ0) is 16.2. The summed E-state index contributed by atoms with van der Waals surface area (Å²) < 4.78 is 6.51. The van der Waals surface area contributed by atoms with Crippen LogP contribution in [0.4, 0.5) is 4.79 Å². The maximum atomic E-state index is 12.0. The van der Waals surface area contributed by atoms with Crippen molar-refractivity contribution in [1.82, 2.24) is 4.90 Å².